The van der Waals surface area contributed by atoms with E-state index in [9.17, 15) is 0 Å². The predicted octanol–water partition coefficient (Wildman–Crippen LogP) is 4.49. The minimum Gasteiger partial charge on any atom is -0.494 e. The van der Waals surface area contributed by atoms with Crippen molar-refractivity contribution < 1.29 is 4.74 Å². The molecule has 0 bridgehead atoms. The Hall–Kier alpha value is -1.02. The first kappa shape index (κ1) is 15.4. The lowest BCUT2D eigenvalue weighted by molar-refractivity contribution is 0.230. The van der Waals surface area contributed by atoms with Gasteiger partial charge in [0.25, 0.3) is 0 Å². The van der Waals surface area contributed by atoms with Gasteiger partial charge >= 0.3 is 0 Å². The van der Waals surface area contributed by atoms with Crippen LogP contribution in [0.2, 0.25) is 0 Å². The van der Waals surface area contributed by atoms with E-state index >= 15 is 0 Å². The molecule has 1 heterocycles. The number of benzene rings is 1. The average Bonchev–Trinajstić information content (AvgIpc) is 2.72. The van der Waals surface area contributed by atoms with Crippen LogP contribution in [0, 0.1) is 5.92 Å². The van der Waals surface area contributed by atoms with Crippen LogP contribution in [0.5, 0.6) is 5.75 Å². The standard InChI is InChI=1S/C18H29NO/c1-4-14-20-17-10-8-16(9-11-17)18(15(2)3)12-6-5-7-13-19-18/h8-11,15,19H,4-7,12-14H2,1-3H3. The molecule has 1 aliphatic heterocycles. The van der Waals surface area contributed by atoms with Crippen LogP contribution in [0.1, 0.15) is 58.4 Å². The zero-order valence-electron chi connectivity index (χ0n) is 13.2. The van der Waals surface area contributed by atoms with E-state index in [1.807, 2.05) is 0 Å². The zero-order valence-corrected chi connectivity index (χ0v) is 13.2. The quantitative estimate of drug-likeness (QED) is 0.855. The molecule has 0 aliphatic carbocycles. The van der Waals surface area contributed by atoms with Crippen LogP contribution in [0.3, 0.4) is 0 Å². The summed E-state index contributed by atoms with van der Waals surface area (Å²) in [6.45, 7) is 8.73. The van der Waals surface area contributed by atoms with Gasteiger partial charge in [-0.25, -0.2) is 0 Å². The molecule has 1 aromatic carbocycles. The molecule has 2 heteroatoms. The van der Waals surface area contributed by atoms with E-state index in [2.05, 4.69) is 50.4 Å². The molecule has 1 fully saturated rings. The summed E-state index contributed by atoms with van der Waals surface area (Å²) in [6.07, 6.45) is 6.25. The molecular weight excluding hydrogens is 246 g/mol. The molecule has 1 aliphatic rings. The molecule has 0 amide bonds. The maximum absolute atomic E-state index is 5.70. The third-order valence-electron chi connectivity index (χ3n) is 4.52. The van der Waals surface area contributed by atoms with Crippen molar-refractivity contribution in [1.29, 1.82) is 0 Å². The molecule has 1 N–H and O–H groups in total. The molecule has 20 heavy (non-hydrogen) atoms. The Morgan fingerprint density at radius 2 is 1.90 bits per heavy atom. The van der Waals surface area contributed by atoms with E-state index in [1.54, 1.807) is 0 Å². The highest BCUT2D eigenvalue weighted by molar-refractivity contribution is 5.32. The van der Waals surface area contributed by atoms with Gasteiger partial charge < -0.3 is 10.1 Å². The van der Waals surface area contributed by atoms with E-state index < -0.39 is 0 Å². The Morgan fingerprint density at radius 3 is 2.55 bits per heavy atom. The highest BCUT2D eigenvalue weighted by Gasteiger charge is 2.35. The lowest BCUT2D eigenvalue weighted by atomic mass is 9.76. The molecule has 2 rings (SSSR count). The van der Waals surface area contributed by atoms with E-state index in [-0.39, 0.29) is 5.54 Å². The minimum absolute atomic E-state index is 0.139. The first-order valence-corrected chi connectivity index (χ1v) is 8.17. The summed E-state index contributed by atoms with van der Waals surface area (Å²) in [5.41, 5.74) is 1.55. The molecule has 0 spiro atoms. The van der Waals surface area contributed by atoms with Crippen molar-refractivity contribution in [3.63, 3.8) is 0 Å². The Balaban J connectivity index is 2.20. The maximum atomic E-state index is 5.70. The van der Waals surface area contributed by atoms with Crippen molar-refractivity contribution in [2.45, 2.75) is 58.4 Å². The molecule has 1 atom stereocenters. The molecule has 1 saturated heterocycles. The summed E-state index contributed by atoms with van der Waals surface area (Å²) in [5.74, 6) is 1.59. The van der Waals surface area contributed by atoms with Gasteiger partial charge in [0.1, 0.15) is 5.75 Å². The summed E-state index contributed by atoms with van der Waals surface area (Å²) in [6, 6.07) is 8.76. The summed E-state index contributed by atoms with van der Waals surface area (Å²) in [5, 5.41) is 3.83. The van der Waals surface area contributed by atoms with E-state index in [0.717, 1.165) is 25.3 Å². The molecular formula is C18H29NO. The largest absolute Gasteiger partial charge is 0.494 e. The van der Waals surface area contributed by atoms with Crippen molar-refractivity contribution in [3.05, 3.63) is 29.8 Å². The van der Waals surface area contributed by atoms with Crippen molar-refractivity contribution in [2.24, 2.45) is 5.92 Å². The molecule has 0 radical (unpaired) electrons. The van der Waals surface area contributed by atoms with Gasteiger partial charge in [-0.1, -0.05) is 45.7 Å². The normalized spacial score (nSPS) is 23.6. The SMILES string of the molecule is CCCOc1ccc(C2(C(C)C)CCCCCN2)cc1. The third-order valence-corrected chi connectivity index (χ3v) is 4.52. The van der Waals surface area contributed by atoms with Gasteiger partial charge in [-0.3, -0.25) is 0 Å². The van der Waals surface area contributed by atoms with Crippen molar-refractivity contribution in [2.75, 3.05) is 13.2 Å². The van der Waals surface area contributed by atoms with Gasteiger partial charge in [-0.05, 0) is 49.4 Å². The lowest BCUT2D eigenvalue weighted by Crippen LogP contribution is -2.46. The fraction of sp³-hybridized carbons (Fsp3) is 0.667. The van der Waals surface area contributed by atoms with Gasteiger partial charge in [0.15, 0.2) is 0 Å². The van der Waals surface area contributed by atoms with E-state index in [4.69, 9.17) is 4.74 Å². The van der Waals surface area contributed by atoms with Crippen LogP contribution in [-0.4, -0.2) is 13.2 Å². The fourth-order valence-electron chi connectivity index (χ4n) is 3.25. The van der Waals surface area contributed by atoms with Gasteiger partial charge in [0, 0.05) is 5.54 Å². The topological polar surface area (TPSA) is 21.3 Å². The second-order valence-corrected chi connectivity index (χ2v) is 6.24. The summed E-state index contributed by atoms with van der Waals surface area (Å²) in [7, 11) is 0. The van der Waals surface area contributed by atoms with Crippen LogP contribution in [0.4, 0.5) is 0 Å². The molecule has 2 nitrogen and oxygen atoms in total. The highest BCUT2D eigenvalue weighted by Crippen LogP contribution is 2.37. The Bertz CT molecular complexity index is 388. The number of hydrogen-bond donors (Lipinski definition) is 1. The summed E-state index contributed by atoms with van der Waals surface area (Å²) in [4.78, 5) is 0. The molecule has 1 aromatic rings. The lowest BCUT2D eigenvalue weighted by Gasteiger charge is -2.38. The highest BCUT2D eigenvalue weighted by atomic mass is 16.5. The molecule has 1 unspecified atom stereocenters. The van der Waals surface area contributed by atoms with Crippen molar-refractivity contribution in [1.82, 2.24) is 5.32 Å². The van der Waals surface area contributed by atoms with Crippen molar-refractivity contribution in [3.8, 4) is 5.75 Å². The number of hydrogen-bond acceptors (Lipinski definition) is 2. The van der Waals surface area contributed by atoms with E-state index in [0.29, 0.717) is 5.92 Å². The first-order valence-electron chi connectivity index (χ1n) is 8.17. The van der Waals surface area contributed by atoms with Gasteiger partial charge in [0.05, 0.1) is 6.61 Å². The van der Waals surface area contributed by atoms with E-state index in [1.165, 1.54) is 31.2 Å². The number of ether oxygens (including phenoxy) is 1. The molecule has 112 valence electrons. The average molecular weight is 275 g/mol. The number of rotatable bonds is 5. The minimum atomic E-state index is 0.139. The Kier molecular flexibility index (Phi) is 5.47. The fourth-order valence-corrected chi connectivity index (χ4v) is 3.25. The first-order chi connectivity index (χ1) is 9.69. The summed E-state index contributed by atoms with van der Waals surface area (Å²) >= 11 is 0. The monoisotopic (exact) mass is 275 g/mol. The molecule has 0 aromatic heterocycles. The third kappa shape index (κ3) is 3.35. The van der Waals surface area contributed by atoms with Crippen LogP contribution in [-0.2, 0) is 5.54 Å². The Labute approximate surface area is 123 Å². The zero-order chi connectivity index (χ0) is 14.4. The second kappa shape index (κ2) is 7.12. The van der Waals surface area contributed by atoms with Crippen LogP contribution in [0.25, 0.3) is 0 Å². The van der Waals surface area contributed by atoms with Crippen LogP contribution >= 0.6 is 0 Å². The predicted molar refractivity (Wildman–Crippen MR) is 85.2 cm³/mol. The molecule has 0 saturated carbocycles. The maximum Gasteiger partial charge on any atom is 0.119 e. The van der Waals surface area contributed by atoms with Crippen LogP contribution in [0.15, 0.2) is 24.3 Å². The smallest absolute Gasteiger partial charge is 0.119 e. The summed E-state index contributed by atoms with van der Waals surface area (Å²) < 4.78 is 5.70. The van der Waals surface area contributed by atoms with Crippen molar-refractivity contribution >= 4 is 0 Å². The van der Waals surface area contributed by atoms with Gasteiger partial charge in [-0.15, -0.1) is 0 Å². The second-order valence-electron chi connectivity index (χ2n) is 6.24. The van der Waals surface area contributed by atoms with Gasteiger partial charge in [0.2, 0.25) is 0 Å². The number of nitrogens with one attached hydrogen (secondary N) is 1. The Morgan fingerprint density at radius 1 is 1.15 bits per heavy atom. The van der Waals surface area contributed by atoms with Gasteiger partial charge in [-0.2, -0.15) is 0 Å². The van der Waals surface area contributed by atoms with Crippen LogP contribution < -0.4 is 10.1 Å².